The molecular formula is C22H26FN3O2S. The Hall–Kier alpha value is -2.41. The Morgan fingerprint density at radius 3 is 2.72 bits per heavy atom. The first-order chi connectivity index (χ1) is 13.9. The number of hydrogen-bond acceptors (Lipinski definition) is 3. The van der Waals surface area contributed by atoms with Crippen molar-refractivity contribution >= 4 is 15.8 Å². The monoisotopic (exact) mass is 415 g/mol. The summed E-state index contributed by atoms with van der Waals surface area (Å²) in [6.07, 6.45) is 2.33. The molecule has 0 aromatic heterocycles. The number of halogens is 1. The summed E-state index contributed by atoms with van der Waals surface area (Å²) in [5.41, 5.74) is 4.18. The minimum Gasteiger partial charge on any atom is -0.356 e. The van der Waals surface area contributed by atoms with Crippen molar-refractivity contribution < 1.29 is 12.8 Å². The van der Waals surface area contributed by atoms with Gasteiger partial charge in [-0.05, 0) is 58.6 Å². The van der Waals surface area contributed by atoms with E-state index >= 15 is 0 Å². The van der Waals surface area contributed by atoms with Gasteiger partial charge in [0.25, 0.3) is 0 Å². The molecule has 29 heavy (non-hydrogen) atoms. The Balaban J connectivity index is 1.34. The van der Waals surface area contributed by atoms with Crippen molar-refractivity contribution in [3.8, 4) is 0 Å². The van der Waals surface area contributed by atoms with Crippen LogP contribution in [0.2, 0.25) is 0 Å². The molecule has 2 aliphatic rings. The van der Waals surface area contributed by atoms with E-state index in [0.717, 1.165) is 13.0 Å². The van der Waals surface area contributed by atoms with Crippen molar-refractivity contribution in [2.24, 2.45) is 16.8 Å². The highest BCUT2D eigenvalue weighted by Crippen LogP contribution is 2.60. The highest BCUT2D eigenvalue weighted by Gasteiger charge is 2.54. The summed E-state index contributed by atoms with van der Waals surface area (Å²) >= 11 is 0. The fourth-order valence-corrected chi connectivity index (χ4v) is 5.41. The van der Waals surface area contributed by atoms with Crippen molar-refractivity contribution in [2.45, 2.75) is 24.6 Å². The quantitative estimate of drug-likeness (QED) is 0.562. The van der Waals surface area contributed by atoms with Gasteiger partial charge in [-0.25, -0.2) is 12.8 Å². The lowest BCUT2D eigenvalue weighted by Gasteiger charge is -2.15. The van der Waals surface area contributed by atoms with Gasteiger partial charge in [0, 0.05) is 26.4 Å². The zero-order valence-corrected chi connectivity index (χ0v) is 17.5. The van der Waals surface area contributed by atoms with E-state index in [9.17, 15) is 12.8 Å². The number of benzene rings is 2. The molecule has 0 radical (unpaired) electrons. The van der Waals surface area contributed by atoms with Crippen LogP contribution in [0.1, 0.15) is 28.2 Å². The van der Waals surface area contributed by atoms with Crippen LogP contribution in [0, 0.1) is 17.7 Å². The lowest BCUT2D eigenvalue weighted by molar-refractivity contribution is 0.599. The predicted octanol–water partition coefficient (Wildman–Crippen LogP) is 2.62. The molecule has 2 aromatic carbocycles. The van der Waals surface area contributed by atoms with Crippen molar-refractivity contribution in [3.05, 3.63) is 70.5 Å². The Morgan fingerprint density at radius 2 is 1.97 bits per heavy atom. The van der Waals surface area contributed by atoms with Crippen molar-refractivity contribution in [1.29, 1.82) is 0 Å². The maximum absolute atomic E-state index is 13.7. The fourth-order valence-electron chi connectivity index (χ4n) is 4.56. The number of nitrogens with zero attached hydrogens (tertiary/aromatic N) is 1. The van der Waals surface area contributed by atoms with Gasteiger partial charge in [-0.2, -0.15) is 0 Å². The molecule has 0 amide bonds. The van der Waals surface area contributed by atoms with E-state index in [-0.39, 0.29) is 11.6 Å². The second-order valence-corrected chi connectivity index (χ2v) is 10.2. The minimum absolute atomic E-state index is 0.110. The SMILES string of the molecule is CN=C(NCc1cc(F)ccc1CS(C)(=O)=O)NCC1C2Cc3ccccc3C12. The number of guanidine groups is 1. The van der Waals surface area contributed by atoms with Crippen LogP contribution in [0.5, 0.6) is 0 Å². The van der Waals surface area contributed by atoms with Crippen molar-refractivity contribution in [3.63, 3.8) is 0 Å². The molecule has 0 heterocycles. The highest BCUT2D eigenvalue weighted by atomic mass is 32.2. The highest BCUT2D eigenvalue weighted by molar-refractivity contribution is 7.89. The van der Waals surface area contributed by atoms with Gasteiger partial charge < -0.3 is 10.6 Å². The summed E-state index contributed by atoms with van der Waals surface area (Å²) < 4.78 is 37.0. The van der Waals surface area contributed by atoms with E-state index in [2.05, 4.69) is 39.9 Å². The molecule has 7 heteroatoms. The van der Waals surface area contributed by atoms with Gasteiger partial charge in [-0.3, -0.25) is 4.99 Å². The molecule has 0 saturated heterocycles. The van der Waals surface area contributed by atoms with Gasteiger partial charge in [-0.15, -0.1) is 0 Å². The molecular weight excluding hydrogens is 389 g/mol. The van der Waals surface area contributed by atoms with Crippen LogP contribution in [0.4, 0.5) is 4.39 Å². The summed E-state index contributed by atoms with van der Waals surface area (Å²) in [5, 5.41) is 6.55. The third kappa shape index (κ3) is 4.45. The van der Waals surface area contributed by atoms with Crippen LogP contribution in [0.25, 0.3) is 0 Å². The molecule has 5 nitrogen and oxygen atoms in total. The second kappa shape index (κ2) is 7.78. The molecule has 2 aliphatic carbocycles. The molecule has 2 N–H and O–H groups in total. The van der Waals surface area contributed by atoms with E-state index in [1.54, 1.807) is 7.05 Å². The lowest BCUT2D eigenvalue weighted by Crippen LogP contribution is -2.38. The van der Waals surface area contributed by atoms with Crippen molar-refractivity contribution in [2.75, 3.05) is 19.8 Å². The largest absolute Gasteiger partial charge is 0.356 e. The van der Waals surface area contributed by atoms with Crippen molar-refractivity contribution in [1.82, 2.24) is 10.6 Å². The van der Waals surface area contributed by atoms with Gasteiger partial charge in [0.1, 0.15) is 5.82 Å². The van der Waals surface area contributed by atoms with Gasteiger partial charge in [0.05, 0.1) is 5.75 Å². The normalized spacial score (nSPS) is 22.7. The number of nitrogens with one attached hydrogen (secondary N) is 2. The van der Waals surface area contributed by atoms with Gasteiger partial charge in [-0.1, -0.05) is 30.3 Å². The second-order valence-electron chi connectivity index (χ2n) is 8.05. The van der Waals surface area contributed by atoms with Crippen LogP contribution in [-0.2, 0) is 28.6 Å². The molecule has 1 saturated carbocycles. The summed E-state index contributed by atoms with van der Waals surface area (Å²) in [7, 11) is -1.50. The zero-order chi connectivity index (χ0) is 20.6. The molecule has 2 aromatic rings. The van der Waals surface area contributed by atoms with Gasteiger partial charge in [0.2, 0.25) is 0 Å². The third-order valence-electron chi connectivity index (χ3n) is 5.96. The summed E-state index contributed by atoms with van der Waals surface area (Å²) in [4.78, 5) is 4.25. The average Bonchev–Trinajstić information content (AvgIpc) is 3.20. The standard InChI is InChI=1S/C22H26FN3O2S/c1-24-22(25-11-16-9-17(23)8-7-15(16)13-29(2,27)28)26-12-20-19-10-14-5-3-4-6-18(14)21(19)20/h3-9,19-21H,10-13H2,1-2H3,(H2,24,25,26). The lowest BCUT2D eigenvalue weighted by atomic mass is 10.0. The zero-order valence-electron chi connectivity index (χ0n) is 16.7. The maximum Gasteiger partial charge on any atom is 0.191 e. The maximum atomic E-state index is 13.7. The molecule has 3 unspecified atom stereocenters. The number of sulfone groups is 1. The fraction of sp³-hybridized carbons (Fsp3) is 0.409. The number of fused-ring (bicyclic) bond motifs is 3. The molecule has 0 spiro atoms. The first kappa shape index (κ1) is 19.9. The molecule has 3 atom stereocenters. The van der Waals surface area contributed by atoms with Gasteiger partial charge in [0.15, 0.2) is 15.8 Å². The summed E-state index contributed by atoms with van der Waals surface area (Å²) in [5.74, 6) is 2.10. The first-order valence-electron chi connectivity index (χ1n) is 9.83. The Labute approximate surface area is 171 Å². The average molecular weight is 416 g/mol. The van der Waals surface area contributed by atoms with Crippen LogP contribution in [0.15, 0.2) is 47.5 Å². The summed E-state index contributed by atoms with van der Waals surface area (Å²) in [6, 6.07) is 12.9. The van der Waals surface area contributed by atoms with Crippen LogP contribution >= 0.6 is 0 Å². The Kier molecular flexibility index (Phi) is 5.34. The molecule has 0 bridgehead atoms. The van der Waals surface area contributed by atoms with E-state index in [1.807, 2.05) is 0 Å². The van der Waals surface area contributed by atoms with Gasteiger partial charge >= 0.3 is 0 Å². The third-order valence-corrected chi connectivity index (χ3v) is 6.80. The van der Waals surface area contributed by atoms with Crippen LogP contribution in [-0.4, -0.2) is 34.2 Å². The predicted molar refractivity (Wildman–Crippen MR) is 113 cm³/mol. The van der Waals surface area contributed by atoms with Crippen LogP contribution in [0.3, 0.4) is 0 Å². The van der Waals surface area contributed by atoms with E-state index in [0.29, 0.717) is 41.4 Å². The summed E-state index contributed by atoms with van der Waals surface area (Å²) in [6.45, 7) is 1.14. The Morgan fingerprint density at radius 1 is 1.17 bits per heavy atom. The smallest absolute Gasteiger partial charge is 0.191 e. The number of hydrogen-bond donors (Lipinski definition) is 2. The number of aliphatic imine (C=N–C) groups is 1. The molecule has 4 rings (SSSR count). The minimum atomic E-state index is -3.20. The van der Waals surface area contributed by atoms with Crippen LogP contribution < -0.4 is 10.6 Å². The van der Waals surface area contributed by atoms with E-state index < -0.39 is 9.84 Å². The molecule has 154 valence electrons. The van der Waals surface area contributed by atoms with E-state index in [1.165, 1.54) is 35.6 Å². The Bertz CT molecular complexity index is 1050. The topological polar surface area (TPSA) is 70.6 Å². The molecule has 0 aliphatic heterocycles. The number of rotatable bonds is 6. The molecule has 1 fully saturated rings. The van der Waals surface area contributed by atoms with E-state index in [4.69, 9.17) is 0 Å². The first-order valence-corrected chi connectivity index (χ1v) is 11.9.